The van der Waals surface area contributed by atoms with Crippen LogP contribution < -0.4 is 5.32 Å². The summed E-state index contributed by atoms with van der Waals surface area (Å²) in [6.07, 6.45) is 0. The first-order valence-corrected chi connectivity index (χ1v) is 9.94. The molecule has 1 N–H and O–H groups in total. The van der Waals surface area contributed by atoms with Crippen molar-refractivity contribution in [3.8, 4) is 0 Å². The lowest BCUT2D eigenvalue weighted by Gasteiger charge is -2.06. The molecule has 0 unspecified atom stereocenters. The standard InChI is InChI=1S/C17H18BrNOS2/c18-15-6-4-5-14(11-15)12-21-13-17(20)19-9-10-22-16-7-2-1-3-8-16/h1-8,11H,9-10,12-13H2,(H,19,20). The molecule has 0 saturated carbocycles. The molecule has 0 aliphatic rings. The van der Waals surface area contributed by atoms with Crippen molar-refractivity contribution in [2.45, 2.75) is 10.6 Å². The van der Waals surface area contributed by atoms with Gasteiger partial charge < -0.3 is 5.32 Å². The molecule has 0 atom stereocenters. The smallest absolute Gasteiger partial charge is 0.230 e. The maximum absolute atomic E-state index is 11.8. The summed E-state index contributed by atoms with van der Waals surface area (Å²) in [5.74, 6) is 2.36. The van der Waals surface area contributed by atoms with Crippen molar-refractivity contribution in [3.05, 3.63) is 64.6 Å². The van der Waals surface area contributed by atoms with Crippen molar-refractivity contribution in [3.63, 3.8) is 0 Å². The Hall–Kier alpha value is -0.910. The van der Waals surface area contributed by atoms with Gasteiger partial charge in [0.25, 0.3) is 0 Å². The number of carbonyl (C=O) groups is 1. The van der Waals surface area contributed by atoms with Gasteiger partial charge in [-0.3, -0.25) is 4.79 Å². The van der Waals surface area contributed by atoms with Crippen LogP contribution in [-0.2, 0) is 10.5 Å². The second-order valence-electron chi connectivity index (χ2n) is 4.63. The summed E-state index contributed by atoms with van der Waals surface area (Å²) in [6, 6.07) is 18.4. The number of hydrogen-bond acceptors (Lipinski definition) is 3. The molecule has 22 heavy (non-hydrogen) atoms. The molecule has 2 aromatic rings. The van der Waals surface area contributed by atoms with E-state index in [4.69, 9.17) is 0 Å². The van der Waals surface area contributed by atoms with Gasteiger partial charge in [0.05, 0.1) is 5.75 Å². The highest BCUT2D eigenvalue weighted by molar-refractivity contribution is 9.10. The Morgan fingerprint density at radius 1 is 1.09 bits per heavy atom. The van der Waals surface area contributed by atoms with Crippen LogP contribution in [-0.4, -0.2) is 24.0 Å². The zero-order chi connectivity index (χ0) is 15.6. The summed E-state index contributed by atoms with van der Waals surface area (Å²) in [5.41, 5.74) is 1.23. The zero-order valence-corrected chi connectivity index (χ0v) is 15.3. The molecule has 1 amide bonds. The van der Waals surface area contributed by atoms with E-state index in [-0.39, 0.29) is 5.91 Å². The molecule has 2 nitrogen and oxygen atoms in total. The molecule has 0 bridgehead atoms. The van der Waals surface area contributed by atoms with Crippen LogP contribution in [0.2, 0.25) is 0 Å². The number of benzene rings is 2. The highest BCUT2D eigenvalue weighted by Gasteiger charge is 2.02. The number of rotatable bonds is 8. The van der Waals surface area contributed by atoms with Gasteiger partial charge >= 0.3 is 0 Å². The fourth-order valence-corrected chi connectivity index (χ4v) is 3.86. The minimum Gasteiger partial charge on any atom is -0.355 e. The first kappa shape index (κ1) is 17.4. The maximum Gasteiger partial charge on any atom is 0.230 e. The van der Waals surface area contributed by atoms with Gasteiger partial charge in [0.15, 0.2) is 0 Å². The fourth-order valence-electron chi connectivity index (χ4n) is 1.82. The van der Waals surface area contributed by atoms with E-state index in [2.05, 4.69) is 45.5 Å². The van der Waals surface area contributed by atoms with Gasteiger partial charge in [0.2, 0.25) is 5.91 Å². The van der Waals surface area contributed by atoms with Crippen molar-refractivity contribution in [2.75, 3.05) is 18.1 Å². The fraction of sp³-hybridized carbons (Fsp3) is 0.235. The van der Waals surface area contributed by atoms with E-state index in [1.54, 1.807) is 23.5 Å². The van der Waals surface area contributed by atoms with E-state index in [1.807, 2.05) is 30.3 Å². The number of halogens is 1. The van der Waals surface area contributed by atoms with Gasteiger partial charge in [-0.25, -0.2) is 0 Å². The Balaban J connectivity index is 1.56. The van der Waals surface area contributed by atoms with E-state index in [0.29, 0.717) is 12.3 Å². The number of nitrogens with one attached hydrogen (secondary N) is 1. The van der Waals surface area contributed by atoms with Crippen molar-refractivity contribution in [1.29, 1.82) is 0 Å². The molecule has 0 aliphatic carbocycles. The van der Waals surface area contributed by atoms with Crippen LogP contribution in [0.1, 0.15) is 5.56 Å². The lowest BCUT2D eigenvalue weighted by atomic mass is 10.2. The predicted molar refractivity (Wildman–Crippen MR) is 100 cm³/mol. The third-order valence-electron chi connectivity index (χ3n) is 2.83. The molecule has 0 spiro atoms. The van der Waals surface area contributed by atoms with Crippen LogP contribution in [0.5, 0.6) is 0 Å². The molecule has 0 saturated heterocycles. The van der Waals surface area contributed by atoms with Crippen LogP contribution in [0, 0.1) is 0 Å². The second kappa shape index (κ2) is 9.98. The molecule has 2 rings (SSSR count). The van der Waals surface area contributed by atoms with Crippen molar-refractivity contribution in [1.82, 2.24) is 5.32 Å². The molecule has 2 aromatic carbocycles. The van der Waals surface area contributed by atoms with Gasteiger partial charge in [0, 0.05) is 27.4 Å². The Labute approximate surface area is 148 Å². The average molecular weight is 396 g/mol. The molecule has 0 heterocycles. The molecule has 5 heteroatoms. The molecular weight excluding hydrogens is 378 g/mol. The summed E-state index contributed by atoms with van der Waals surface area (Å²) in [5, 5.41) is 2.96. The minimum absolute atomic E-state index is 0.105. The van der Waals surface area contributed by atoms with Crippen LogP contribution in [0.15, 0.2) is 64.0 Å². The monoisotopic (exact) mass is 395 g/mol. The second-order valence-corrected chi connectivity index (χ2v) is 7.70. The number of amides is 1. The topological polar surface area (TPSA) is 29.1 Å². The third kappa shape index (κ3) is 6.90. The van der Waals surface area contributed by atoms with E-state index < -0.39 is 0 Å². The maximum atomic E-state index is 11.8. The van der Waals surface area contributed by atoms with E-state index in [1.165, 1.54) is 10.5 Å². The number of carbonyl (C=O) groups excluding carboxylic acids is 1. The summed E-state index contributed by atoms with van der Waals surface area (Å²) in [4.78, 5) is 13.0. The van der Waals surface area contributed by atoms with Crippen molar-refractivity contribution in [2.24, 2.45) is 0 Å². The molecular formula is C17H18BrNOS2. The lowest BCUT2D eigenvalue weighted by Crippen LogP contribution is -2.27. The average Bonchev–Trinajstić information content (AvgIpc) is 2.53. The van der Waals surface area contributed by atoms with Crippen molar-refractivity contribution < 1.29 is 4.79 Å². The van der Waals surface area contributed by atoms with Crippen molar-refractivity contribution >= 4 is 45.4 Å². The largest absolute Gasteiger partial charge is 0.355 e. The minimum atomic E-state index is 0.105. The molecule has 0 aromatic heterocycles. The Morgan fingerprint density at radius 3 is 2.68 bits per heavy atom. The summed E-state index contributed by atoms with van der Waals surface area (Å²) < 4.78 is 1.08. The van der Waals surface area contributed by atoms with Crippen LogP contribution in [0.3, 0.4) is 0 Å². The molecule has 0 fully saturated rings. The first-order valence-electron chi connectivity index (χ1n) is 7.01. The zero-order valence-electron chi connectivity index (χ0n) is 12.1. The summed E-state index contributed by atoms with van der Waals surface area (Å²) in [7, 11) is 0. The molecule has 116 valence electrons. The molecule has 0 radical (unpaired) electrons. The first-order chi connectivity index (χ1) is 10.7. The van der Waals surface area contributed by atoms with Crippen LogP contribution in [0.4, 0.5) is 0 Å². The highest BCUT2D eigenvalue weighted by Crippen LogP contribution is 2.17. The normalized spacial score (nSPS) is 10.4. The van der Waals surface area contributed by atoms with E-state index in [9.17, 15) is 4.79 Å². The quantitative estimate of drug-likeness (QED) is 0.523. The lowest BCUT2D eigenvalue weighted by molar-refractivity contribution is -0.118. The SMILES string of the molecule is O=C(CSCc1cccc(Br)c1)NCCSc1ccccc1. The Morgan fingerprint density at radius 2 is 1.91 bits per heavy atom. The number of hydrogen-bond donors (Lipinski definition) is 1. The van der Waals surface area contributed by atoms with Crippen LogP contribution >= 0.6 is 39.5 Å². The third-order valence-corrected chi connectivity index (χ3v) is 5.34. The molecule has 0 aliphatic heterocycles. The predicted octanol–water partition coefficient (Wildman–Crippen LogP) is 4.59. The Kier molecular flexibility index (Phi) is 7.91. The van der Waals surface area contributed by atoms with Gasteiger partial charge in [-0.05, 0) is 29.8 Å². The highest BCUT2D eigenvalue weighted by atomic mass is 79.9. The number of thioether (sulfide) groups is 2. The van der Waals surface area contributed by atoms with Gasteiger partial charge in [0.1, 0.15) is 0 Å². The van der Waals surface area contributed by atoms with E-state index in [0.717, 1.165) is 16.0 Å². The van der Waals surface area contributed by atoms with Gasteiger partial charge in [-0.2, -0.15) is 0 Å². The van der Waals surface area contributed by atoms with E-state index >= 15 is 0 Å². The van der Waals surface area contributed by atoms with Gasteiger partial charge in [-0.15, -0.1) is 23.5 Å². The van der Waals surface area contributed by atoms with Gasteiger partial charge in [-0.1, -0.05) is 46.3 Å². The summed E-state index contributed by atoms with van der Waals surface area (Å²) >= 11 is 6.85. The van der Waals surface area contributed by atoms with Crippen LogP contribution in [0.25, 0.3) is 0 Å². The summed E-state index contributed by atoms with van der Waals surface area (Å²) in [6.45, 7) is 0.704. The Bertz CT molecular complexity index is 592.